The summed E-state index contributed by atoms with van der Waals surface area (Å²) in [7, 11) is 3.18. The number of ketones is 3. The number of Topliss-reactive ketones (excluding diaryl/α,β-unsaturated/α-hetero) is 1. The van der Waals surface area contributed by atoms with Gasteiger partial charge in [0.05, 0.1) is 48.7 Å². The van der Waals surface area contributed by atoms with Gasteiger partial charge in [0, 0.05) is 83.3 Å². The molecular formula is C75H88N10O19S2. The molecule has 9 rings (SSSR count). The van der Waals surface area contributed by atoms with Crippen LogP contribution in [0.2, 0.25) is 0 Å². The minimum atomic E-state index is -1.76. The molecule has 564 valence electrons. The summed E-state index contributed by atoms with van der Waals surface area (Å²) < 4.78 is 10.7. The molecule has 0 spiro atoms. The van der Waals surface area contributed by atoms with Crippen LogP contribution in [0.15, 0.2) is 109 Å². The fraction of sp³-hybridized carbons (Fsp3) is 0.413. The van der Waals surface area contributed by atoms with Crippen molar-refractivity contribution in [3.63, 3.8) is 0 Å². The second-order valence-electron chi connectivity index (χ2n) is 26.4. The van der Waals surface area contributed by atoms with Gasteiger partial charge in [-0.1, -0.05) is 113 Å². The van der Waals surface area contributed by atoms with Crippen molar-refractivity contribution < 1.29 is 92.5 Å². The number of nitrogens with one attached hydrogen (secondary N) is 9. The van der Waals surface area contributed by atoms with Gasteiger partial charge in [-0.3, -0.25) is 57.5 Å². The molecule has 29 nitrogen and oxygen atoms in total. The maximum absolute atomic E-state index is 15.2. The van der Waals surface area contributed by atoms with E-state index in [9.17, 15) is 73.5 Å². The summed E-state index contributed by atoms with van der Waals surface area (Å²) >= 11 is 0. The number of carbonyl (C=O) groups is 12. The van der Waals surface area contributed by atoms with Crippen molar-refractivity contribution in [2.75, 3.05) is 38.4 Å². The SMILES string of the molecule is COc1cccc2c1C(=O)c1c(O)c3c(c(O)c1C2=O)CC(C(=O)COC(=O)CCCC(=O)N[C@H](Cc1ccccc1)C(=O)N[C@H]1CSSC[C@@H](C(=O)N[C@H](CO)[C@@H](C)O)NC(=O)[C@H]([C@@H](C)O)NC(=O)[C@H](CCCCN)NC(=O)[C@@H](Cc2c[nH]c4ccccc24)NC(=O)[C@H](Cc2ccccc2)NC1=O)CC3. The van der Waals surface area contributed by atoms with E-state index >= 15 is 9.59 Å². The van der Waals surface area contributed by atoms with Crippen LogP contribution in [0.3, 0.4) is 0 Å². The highest BCUT2D eigenvalue weighted by Gasteiger charge is 2.43. The van der Waals surface area contributed by atoms with Crippen LogP contribution in [0.1, 0.15) is 118 Å². The van der Waals surface area contributed by atoms with E-state index in [0.717, 1.165) is 21.6 Å². The number of aromatic amines is 1. The van der Waals surface area contributed by atoms with E-state index in [2.05, 4.69) is 47.5 Å². The van der Waals surface area contributed by atoms with Gasteiger partial charge in [0.25, 0.3) is 0 Å². The highest BCUT2D eigenvalue weighted by molar-refractivity contribution is 8.76. The lowest BCUT2D eigenvalue weighted by Crippen LogP contribution is -2.62. The highest BCUT2D eigenvalue weighted by Crippen LogP contribution is 2.47. The number of ether oxygens (including phenoxy) is 2. The zero-order chi connectivity index (χ0) is 76.3. The van der Waals surface area contributed by atoms with Crippen LogP contribution in [0.5, 0.6) is 17.2 Å². The number of aromatic hydroxyl groups is 2. The maximum atomic E-state index is 15.2. The zero-order valence-electron chi connectivity index (χ0n) is 58.6. The largest absolute Gasteiger partial charge is 0.507 e. The van der Waals surface area contributed by atoms with Gasteiger partial charge in [0.1, 0.15) is 66.1 Å². The normalized spacial score (nSPS) is 20.7. The topological polar surface area (TPSA) is 462 Å². The molecule has 106 heavy (non-hydrogen) atoms. The van der Waals surface area contributed by atoms with Crippen LogP contribution in [-0.2, 0) is 84.8 Å². The number of fused-ring (bicyclic) bond motifs is 4. The summed E-state index contributed by atoms with van der Waals surface area (Å²) in [4.78, 5) is 175. The molecule has 1 aromatic heterocycles. The molecular weight excluding hydrogens is 1410 g/mol. The first-order valence-corrected chi connectivity index (χ1v) is 37.4. The molecule has 0 bridgehead atoms. The van der Waals surface area contributed by atoms with E-state index in [0.29, 0.717) is 40.4 Å². The monoisotopic (exact) mass is 1500 g/mol. The lowest BCUT2D eigenvalue weighted by Gasteiger charge is -2.29. The van der Waals surface area contributed by atoms with Crippen molar-refractivity contribution in [1.29, 1.82) is 0 Å². The number of esters is 1. The molecule has 1 unspecified atom stereocenters. The standard InChI is InChI=1S/C75H88N10O19S2/c1-39(87)54(35-86)82-74(101)56-38-106-105-37-55(73(100)80-52(31-42-18-8-5-9-19-42)71(98)81-53(33-44-34-77-49-22-11-10-20-45(44)49)72(99)79-50(23-12-13-29-76)69(96)85-64(40(2)88)75(102)84-56)83-70(97)51(30-41-16-6-4-7-17-41)78-59(90)25-15-26-60(91)104-36-57(89)43-27-28-46-48(32-43)67(94)62-63(65(46)92)68(95)61-47(66(62)93)21-14-24-58(61)103-3/h4-11,14,16-22,24,34,39-40,43,50-56,64,77,86-88,92,94H,12-13,15,23,25-33,35-38,76H2,1-3H3,(H,78,90)(H,79,99)(H,80,100)(H,81,98)(H,82,101)(H,83,97)(H,84,102)(H,85,96)/t39-,40-,43?,50+,51-,52+,53-,54-,55+,56+,64+/m1/s1. The van der Waals surface area contributed by atoms with Gasteiger partial charge in [-0.25, -0.2) is 0 Å². The number of nitrogens with two attached hydrogens (primary N) is 1. The Morgan fingerprint density at radius 2 is 1.30 bits per heavy atom. The van der Waals surface area contributed by atoms with Gasteiger partial charge in [0.15, 0.2) is 11.6 Å². The summed E-state index contributed by atoms with van der Waals surface area (Å²) in [5.41, 5.74) is 7.71. The molecule has 1 fully saturated rings. The first kappa shape index (κ1) is 79.9. The summed E-state index contributed by atoms with van der Waals surface area (Å²) in [6.45, 7) is 1.33. The molecule has 6 aromatic rings. The first-order chi connectivity index (χ1) is 50.9. The number of rotatable bonds is 26. The molecule has 16 N–H and O–H groups in total. The van der Waals surface area contributed by atoms with E-state index in [1.807, 2.05) is 6.07 Å². The molecule has 0 saturated carbocycles. The van der Waals surface area contributed by atoms with Crippen molar-refractivity contribution >= 4 is 103 Å². The first-order valence-electron chi connectivity index (χ1n) is 34.9. The van der Waals surface area contributed by atoms with Crippen molar-refractivity contribution in [3.8, 4) is 17.2 Å². The second kappa shape index (κ2) is 37.7. The molecule has 8 amide bonds. The molecule has 0 radical (unpaired) electrons. The third-order valence-corrected chi connectivity index (χ3v) is 21.2. The van der Waals surface area contributed by atoms with E-state index in [4.69, 9.17) is 15.2 Å². The number of aliphatic hydroxyl groups is 3. The summed E-state index contributed by atoms with van der Waals surface area (Å²) in [5, 5.41) is 76.6. The Kier molecular flexibility index (Phi) is 28.4. The Bertz CT molecular complexity index is 4230. The summed E-state index contributed by atoms with van der Waals surface area (Å²) in [6.07, 6.45) is -1.89. The highest BCUT2D eigenvalue weighted by atomic mass is 33.1. The van der Waals surface area contributed by atoms with E-state index < -0.39 is 167 Å². The van der Waals surface area contributed by atoms with Crippen molar-refractivity contribution in [2.24, 2.45) is 11.7 Å². The van der Waals surface area contributed by atoms with Crippen LogP contribution in [-0.4, -0.2) is 200 Å². The smallest absolute Gasteiger partial charge is 0.306 e. The van der Waals surface area contributed by atoms with E-state index in [1.54, 1.807) is 85.1 Å². The number of phenols is 2. The Morgan fingerprint density at radius 3 is 1.99 bits per heavy atom. The quantitative estimate of drug-likeness (QED) is 0.0159. The molecule has 2 aliphatic carbocycles. The number of H-pyrrole nitrogens is 1. The molecule has 3 aliphatic rings. The molecule has 31 heteroatoms. The number of amides is 8. The Hall–Kier alpha value is -10.2. The minimum absolute atomic E-state index is 0.0285. The maximum Gasteiger partial charge on any atom is 0.306 e. The number of hydrogen-bond acceptors (Lipinski definition) is 22. The lowest BCUT2D eigenvalue weighted by molar-refractivity contribution is -0.149. The number of methoxy groups -OCH3 is 1. The average Bonchev–Trinajstić information content (AvgIpc) is 0.786. The fourth-order valence-electron chi connectivity index (χ4n) is 12.9. The molecule has 1 saturated heterocycles. The number of hydrogen-bond donors (Lipinski definition) is 15. The number of benzene rings is 5. The molecule has 5 aromatic carbocycles. The lowest BCUT2D eigenvalue weighted by atomic mass is 9.75. The fourth-order valence-corrected chi connectivity index (χ4v) is 15.2. The molecule has 1 aliphatic heterocycles. The number of carbonyl (C=O) groups excluding carboxylic acids is 12. The van der Waals surface area contributed by atoms with Gasteiger partial charge in [-0.2, -0.15) is 0 Å². The third-order valence-electron chi connectivity index (χ3n) is 18.8. The van der Waals surface area contributed by atoms with Gasteiger partial charge >= 0.3 is 5.97 Å². The summed E-state index contributed by atoms with van der Waals surface area (Å²) in [6, 6.07) is 16.8. The second-order valence-corrected chi connectivity index (χ2v) is 28.9. The third kappa shape index (κ3) is 20.2. The number of para-hydroxylation sites is 1. The Labute approximate surface area is 618 Å². The number of aromatic nitrogens is 1. The van der Waals surface area contributed by atoms with E-state index in [-0.39, 0.29) is 116 Å². The number of unbranched alkanes of at least 4 members (excludes halogenated alkanes) is 1. The van der Waals surface area contributed by atoms with Gasteiger partial charge in [-0.15, -0.1) is 0 Å². The van der Waals surface area contributed by atoms with Crippen molar-refractivity contribution in [3.05, 3.63) is 159 Å². The Morgan fingerprint density at radius 1 is 0.660 bits per heavy atom. The number of phenolic OH excluding ortho intramolecular Hbond substituents is 2. The van der Waals surface area contributed by atoms with Crippen LogP contribution >= 0.6 is 21.6 Å². The van der Waals surface area contributed by atoms with E-state index in [1.165, 1.54) is 39.2 Å². The number of aliphatic hydroxyl groups excluding tert-OH is 3. The zero-order valence-corrected chi connectivity index (χ0v) is 60.2. The Balaban J connectivity index is 0.939. The van der Waals surface area contributed by atoms with Crippen LogP contribution in [0.25, 0.3) is 10.9 Å². The average molecular weight is 1500 g/mol. The van der Waals surface area contributed by atoms with Crippen LogP contribution in [0, 0.1) is 5.92 Å². The summed E-state index contributed by atoms with van der Waals surface area (Å²) in [5.74, 6) is -12.4. The van der Waals surface area contributed by atoms with Crippen molar-refractivity contribution in [1.82, 2.24) is 47.5 Å². The van der Waals surface area contributed by atoms with Gasteiger partial charge in [0.2, 0.25) is 53.0 Å². The van der Waals surface area contributed by atoms with Gasteiger partial charge in [-0.05, 0) is 94.2 Å². The minimum Gasteiger partial charge on any atom is -0.507 e. The predicted octanol–water partition coefficient (Wildman–Crippen LogP) is 1.64. The van der Waals surface area contributed by atoms with Crippen LogP contribution in [0.4, 0.5) is 0 Å². The van der Waals surface area contributed by atoms with Crippen molar-refractivity contribution in [2.45, 2.75) is 151 Å². The van der Waals surface area contributed by atoms with Crippen LogP contribution < -0.4 is 53.0 Å². The molecule has 11 atom stereocenters. The predicted molar refractivity (Wildman–Crippen MR) is 391 cm³/mol. The van der Waals surface area contributed by atoms with Gasteiger partial charge < -0.3 is 88.3 Å². The molecule has 2 heterocycles.